The van der Waals surface area contributed by atoms with Crippen LogP contribution in [0.3, 0.4) is 0 Å². The quantitative estimate of drug-likeness (QED) is 0.655. The molecule has 1 aromatic rings. The Morgan fingerprint density at radius 3 is 2.74 bits per heavy atom. The van der Waals surface area contributed by atoms with Gasteiger partial charge in [0, 0.05) is 17.1 Å². The highest BCUT2D eigenvalue weighted by Crippen LogP contribution is 2.23. The van der Waals surface area contributed by atoms with Crippen molar-refractivity contribution in [3.05, 3.63) is 26.4 Å². The normalized spacial score (nSPS) is 10.1. The Hall–Kier alpha value is -1.21. The van der Waals surface area contributed by atoms with Crippen molar-refractivity contribution in [1.29, 1.82) is 0 Å². The minimum Gasteiger partial charge on any atom is -0.466 e. The third kappa shape index (κ3) is 4.14. The summed E-state index contributed by atoms with van der Waals surface area (Å²) in [6.45, 7) is 2.07. The summed E-state index contributed by atoms with van der Waals surface area (Å²) >= 11 is 8.41. The van der Waals surface area contributed by atoms with Gasteiger partial charge in [0.05, 0.1) is 19.3 Å². The molecule has 0 fully saturated rings. The molecule has 1 rings (SSSR count). The number of halogens is 1. The molecule has 0 bridgehead atoms. The minimum absolute atomic E-state index is 0.176. The lowest BCUT2D eigenvalue weighted by molar-refractivity contribution is -0.143. The molecular formula is C12H14BrNO4S. The van der Waals surface area contributed by atoms with Crippen molar-refractivity contribution >= 4 is 40.1 Å². The van der Waals surface area contributed by atoms with Crippen LogP contribution in [-0.2, 0) is 20.7 Å². The summed E-state index contributed by atoms with van der Waals surface area (Å²) in [5.41, 5.74) is 0.917. The monoisotopic (exact) mass is 347 g/mol. The van der Waals surface area contributed by atoms with Crippen LogP contribution in [0.15, 0.2) is 10.7 Å². The fourth-order valence-electron chi connectivity index (χ4n) is 1.57. The van der Waals surface area contributed by atoms with Crippen molar-refractivity contribution in [3.8, 4) is 0 Å². The Labute approximate surface area is 124 Å². The zero-order valence-corrected chi connectivity index (χ0v) is 13.0. The maximum Gasteiger partial charge on any atom is 0.341 e. The number of carbonyl (C=O) groups is 2. The van der Waals surface area contributed by atoms with Crippen molar-refractivity contribution in [2.75, 3.05) is 13.7 Å². The number of nitrogens with one attached hydrogen (secondary N) is 1. The number of hydrogen-bond acceptors (Lipinski definition) is 5. The van der Waals surface area contributed by atoms with Gasteiger partial charge in [-0.1, -0.05) is 12.2 Å². The van der Waals surface area contributed by atoms with Gasteiger partial charge in [-0.3, -0.25) is 4.79 Å². The lowest BCUT2D eigenvalue weighted by Crippen LogP contribution is -2.11. The molecule has 5 nitrogen and oxygen atoms in total. The van der Waals surface area contributed by atoms with Crippen molar-refractivity contribution in [1.82, 2.24) is 4.98 Å². The van der Waals surface area contributed by atoms with Crippen LogP contribution >= 0.6 is 28.1 Å². The molecule has 0 aliphatic rings. The molecule has 0 atom stereocenters. The number of rotatable bonds is 5. The van der Waals surface area contributed by atoms with E-state index < -0.39 is 5.97 Å². The maximum atomic E-state index is 11.7. The third-order valence-corrected chi connectivity index (χ3v) is 3.45. The average Bonchev–Trinajstić information content (AvgIpc) is 2.39. The standard InChI is InChI=1S/C12H14BrNO4S/c1-3-18-9(15)5-4-7-8(13)6-14-11(19)10(7)12(16)17-2/h6H,3-5H2,1-2H3,(H,14,19). The highest BCUT2D eigenvalue weighted by atomic mass is 79.9. The first kappa shape index (κ1) is 15.8. The Kier molecular flexibility index (Phi) is 6.17. The van der Waals surface area contributed by atoms with E-state index in [1.54, 1.807) is 13.1 Å². The van der Waals surface area contributed by atoms with Gasteiger partial charge in [0.15, 0.2) is 0 Å². The van der Waals surface area contributed by atoms with E-state index in [0.29, 0.717) is 23.1 Å². The molecule has 0 amide bonds. The number of carbonyl (C=O) groups excluding carboxylic acids is 2. The van der Waals surface area contributed by atoms with Gasteiger partial charge in [-0.2, -0.15) is 0 Å². The average molecular weight is 348 g/mol. The predicted octanol–water partition coefficient (Wildman–Crippen LogP) is 2.79. The van der Waals surface area contributed by atoms with Crippen LogP contribution in [0.2, 0.25) is 0 Å². The molecule has 104 valence electrons. The molecule has 0 unspecified atom stereocenters. The lowest BCUT2D eigenvalue weighted by Gasteiger charge is -2.10. The summed E-state index contributed by atoms with van der Waals surface area (Å²) in [5, 5.41) is 0. The first-order chi connectivity index (χ1) is 9.01. The van der Waals surface area contributed by atoms with Crippen LogP contribution in [-0.4, -0.2) is 30.6 Å². The number of aromatic nitrogens is 1. The number of H-pyrrole nitrogens is 1. The Morgan fingerprint density at radius 2 is 2.16 bits per heavy atom. The molecule has 1 heterocycles. The Bertz CT molecular complexity index is 541. The second-order valence-corrected chi connectivity index (χ2v) is 4.88. The maximum absolute atomic E-state index is 11.7. The molecule has 1 aromatic heterocycles. The van der Waals surface area contributed by atoms with E-state index in [9.17, 15) is 9.59 Å². The van der Waals surface area contributed by atoms with Gasteiger partial charge in [0.25, 0.3) is 0 Å². The van der Waals surface area contributed by atoms with Crippen LogP contribution < -0.4 is 0 Å². The highest BCUT2D eigenvalue weighted by molar-refractivity contribution is 9.10. The molecular weight excluding hydrogens is 334 g/mol. The Morgan fingerprint density at radius 1 is 1.47 bits per heavy atom. The van der Waals surface area contributed by atoms with Crippen LogP contribution in [0, 0.1) is 4.64 Å². The minimum atomic E-state index is -0.526. The van der Waals surface area contributed by atoms with Gasteiger partial charge in [0.1, 0.15) is 4.64 Å². The van der Waals surface area contributed by atoms with Gasteiger partial charge in [-0.15, -0.1) is 0 Å². The van der Waals surface area contributed by atoms with Crippen molar-refractivity contribution in [2.45, 2.75) is 19.8 Å². The number of esters is 2. The zero-order valence-electron chi connectivity index (χ0n) is 10.6. The van der Waals surface area contributed by atoms with Crippen LogP contribution in [0.5, 0.6) is 0 Å². The zero-order chi connectivity index (χ0) is 14.4. The molecule has 0 aliphatic carbocycles. The molecule has 0 radical (unpaired) electrons. The summed E-state index contributed by atoms with van der Waals surface area (Å²) < 4.78 is 10.5. The molecule has 1 N–H and O–H groups in total. The molecule has 0 aromatic carbocycles. The molecule has 7 heteroatoms. The SMILES string of the molecule is CCOC(=O)CCc1c(Br)c[nH]c(=S)c1C(=O)OC. The fourth-order valence-corrected chi connectivity index (χ4v) is 2.34. The predicted molar refractivity (Wildman–Crippen MR) is 75.6 cm³/mol. The number of ether oxygens (including phenoxy) is 2. The van der Waals surface area contributed by atoms with E-state index >= 15 is 0 Å². The summed E-state index contributed by atoms with van der Waals surface area (Å²) in [5.74, 6) is -0.842. The summed E-state index contributed by atoms with van der Waals surface area (Å²) in [4.78, 5) is 25.9. The van der Waals surface area contributed by atoms with Crippen LogP contribution in [0.25, 0.3) is 0 Å². The fraction of sp³-hybridized carbons (Fsp3) is 0.417. The first-order valence-corrected chi connectivity index (χ1v) is 6.85. The Balaban J connectivity index is 3.05. The largest absolute Gasteiger partial charge is 0.466 e. The smallest absolute Gasteiger partial charge is 0.341 e. The number of aromatic amines is 1. The number of methoxy groups -OCH3 is 1. The van der Waals surface area contributed by atoms with E-state index in [1.165, 1.54) is 7.11 Å². The molecule has 0 aliphatic heterocycles. The van der Waals surface area contributed by atoms with Gasteiger partial charge < -0.3 is 14.5 Å². The van der Waals surface area contributed by atoms with Crippen molar-refractivity contribution < 1.29 is 19.1 Å². The molecule has 19 heavy (non-hydrogen) atoms. The third-order valence-electron chi connectivity index (χ3n) is 2.42. The van der Waals surface area contributed by atoms with Crippen LogP contribution in [0.1, 0.15) is 29.3 Å². The van der Waals surface area contributed by atoms with Gasteiger partial charge in [-0.05, 0) is 34.8 Å². The highest BCUT2D eigenvalue weighted by Gasteiger charge is 2.18. The number of hydrogen-bond donors (Lipinski definition) is 1. The van der Waals surface area contributed by atoms with Crippen molar-refractivity contribution in [3.63, 3.8) is 0 Å². The second-order valence-electron chi connectivity index (χ2n) is 3.62. The van der Waals surface area contributed by atoms with E-state index in [4.69, 9.17) is 21.7 Å². The summed E-state index contributed by atoms with van der Waals surface area (Å²) in [6.07, 6.45) is 2.16. The summed E-state index contributed by atoms with van der Waals surface area (Å²) in [7, 11) is 1.28. The van der Waals surface area contributed by atoms with E-state index in [0.717, 1.165) is 0 Å². The van der Waals surface area contributed by atoms with Gasteiger partial charge in [-0.25, -0.2) is 4.79 Å². The number of pyridine rings is 1. The van der Waals surface area contributed by atoms with Crippen molar-refractivity contribution in [2.24, 2.45) is 0 Å². The molecule has 0 spiro atoms. The summed E-state index contributed by atoms with van der Waals surface area (Å²) in [6, 6.07) is 0. The van der Waals surface area contributed by atoms with E-state index in [-0.39, 0.29) is 22.6 Å². The topological polar surface area (TPSA) is 68.4 Å². The lowest BCUT2D eigenvalue weighted by atomic mass is 10.1. The van der Waals surface area contributed by atoms with Gasteiger partial charge >= 0.3 is 11.9 Å². The van der Waals surface area contributed by atoms with E-state index in [2.05, 4.69) is 20.9 Å². The van der Waals surface area contributed by atoms with Crippen LogP contribution in [0.4, 0.5) is 0 Å². The molecule has 0 saturated carbocycles. The molecule has 0 saturated heterocycles. The van der Waals surface area contributed by atoms with Gasteiger partial charge in [0.2, 0.25) is 0 Å². The second kappa shape index (κ2) is 7.40. The van der Waals surface area contributed by atoms with E-state index in [1.807, 2.05) is 0 Å². The first-order valence-electron chi connectivity index (χ1n) is 5.65.